The molecule has 0 N–H and O–H groups in total. The minimum atomic E-state index is -4.46. The summed E-state index contributed by atoms with van der Waals surface area (Å²) in [6.45, 7) is 2.22. The summed E-state index contributed by atoms with van der Waals surface area (Å²) < 4.78 is 57.1. The molecule has 0 unspecified atom stereocenters. The Morgan fingerprint density at radius 3 is 2.58 bits per heavy atom. The Kier molecular flexibility index (Phi) is 5.68. The lowest BCUT2D eigenvalue weighted by molar-refractivity contribution is -0.137. The van der Waals surface area contributed by atoms with Gasteiger partial charge in [-0.1, -0.05) is 17.3 Å². The van der Waals surface area contributed by atoms with Gasteiger partial charge in [0.2, 0.25) is 17.7 Å². The lowest BCUT2D eigenvalue weighted by atomic mass is 10.1. The number of amides is 1. The molecule has 11 heteroatoms. The van der Waals surface area contributed by atoms with Crippen molar-refractivity contribution in [3.05, 3.63) is 65.6 Å². The van der Waals surface area contributed by atoms with Crippen LogP contribution in [-0.4, -0.2) is 57.0 Å². The van der Waals surface area contributed by atoms with Crippen LogP contribution in [-0.2, 0) is 12.7 Å². The summed E-state index contributed by atoms with van der Waals surface area (Å²) in [7, 11) is 0. The van der Waals surface area contributed by atoms with Crippen LogP contribution in [0.25, 0.3) is 11.4 Å². The van der Waals surface area contributed by atoms with E-state index in [-0.39, 0.29) is 28.7 Å². The van der Waals surface area contributed by atoms with Crippen molar-refractivity contribution in [3.8, 4) is 11.4 Å². The van der Waals surface area contributed by atoms with Crippen molar-refractivity contribution in [2.75, 3.05) is 26.2 Å². The summed E-state index contributed by atoms with van der Waals surface area (Å²) in [5.41, 5.74) is -0.334. The highest BCUT2D eigenvalue weighted by Crippen LogP contribution is 2.31. The molecule has 1 amide bonds. The minimum absolute atomic E-state index is 0.0784. The van der Waals surface area contributed by atoms with Gasteiger partial charge in [0.1, 0.15) is 0 Å². The number of alkyl halides is 3. The number of hydrogen-bond acceptors (Lipinski definition) is 6. The van der Waals surface area contributed by atoms with E-state index in [4.69, 9.17) is 4.52 Å². The van der Waals surface area contributed by atoms with Gasteiger partial charge in [-0.15, -0.1) is 0 Å². The number of halogens is 4. The zero-order valence-electron chi connectivity index (χ0n) is 16.1. The Balaban J connectivity index is 1.36. The fourth-order valence-electron chi connectivity index (χ4n) is 3.29. The molecule has 0 radical (unpaired) electrons. The molecule has 7 nitrogen and oxygen atoms in total. The van der Waals surface area contributed by atoms with Crippen LogP contribution in [0, 0.1) is 5.95 Å². The second-order valence-corrected chi connectivity index (χ2v) is 7.03. The summed E-state index contributed by atoms with van der Waals surface area (Å²) >= 11 is 0. The highest BCUT2D eigenvalue weighted by molar-refractivity contribution is 5.94. The molecule has 0 bridgehead atoms. The second-order valence-electron chi connectivity index (χ2n) is 7.03. The monoisotopic (exact) mass is 435 g/mol. The summed E-state index contributed by atoms with van der Waals surface area (Å²) in [6, 6.07) is 7.29. The molecule has 4 rings (SSSR count). The van der Waals surface area contributed by atoms with Crippen molar-refractivity contribution < 1.29 is 26.9 Å². The van der Waals surface area contributed by atoms with E-state index in [2.05, 4.69) is 15.1 Å². The van der Waals surface area contributed by atoms with Gasteiger partial charge in [0.15, 0.2) is 0 Å². The van der Waals surface area contributed by atoms with Gasteiger partial charge in [-0.05, 0) is 18.2 Å². The number of hydrogen-bond donors (Lipinski definition) is 0. The molecule has 1 saturated heterocycles. The van der Waals surface area contributed by atoms with Gasteiger partial charge in [0.05, 0.1) is 12.1 Å². The van der Waals surface area contributed by atoms with Crippen LogP contribution < -0.4 is 0 Å². The second kappa shape index (κ2) is 8.42. The van der Waals surface area contributed by atoms with Crippen LogP contribution in [0.3, 0.4) is 0 Å². The van der Waals surface area contributed by atoms with Gasteiger partial charge in [0, 0.05) is 49.6 Å². The van der Waals surface area contributed by atoms with Gasteiger partial charge in [-0.3, -0.25) is 9.69 Å². The van der Waals surface area contributed by atoms with Crippen LogP contribution in [0.2, 0.25) is 0 Å². The maximum absolute atomic E-state index is 13.2. The van der Waals surface area contributed by atoms with Gasteiger partial charge < -0.3 is 9.42 Å². The van der Waals surface area contributed by atoms with Gasteiger partial charge in [-0.25, -0.2) is 4.98 Å². The number of benzene rings is 1. The predicted molar refractivity (Wildman–Crippen MR) is 100 cm³/mol. The Labute approximate surface area is 174 Å². The first kappa shape index (κ1) is 20.9. The van der Waals surface area contributed by atoms with Crippen molar-refractivity contribution in [2.45, 2.75) is 12.7 Å². The fraction of sp³-hybridized carbons (Fsp3) is 0.300. The topological polar surface area (TPSA) is 75.4 Å². The smallest absolute Gasteiger partial charge is 0.338 e. The molecule has 0 spiro atoms. The Morgan fingerprint density at radius 1 is 1.10 bits per heavy atom. The first-order valence-electron chi connectivity index (χ1n) is 9.43. The highest BCUT2D eigenvalue weighted by Gasteiger charge is 2.31. The van der Waals surface area contributed by atoms with E-state index in [1.54, 1.807) is 4.90 Å². The molecule has 1 aliphatic rings. The number of aromatic nitrogens is 3. The molecule has 1 aromatic carbocycles. The summed E-state index contributed by atoms with van der Waals surface area (Å²) in [4.78, 5) is 23.7. The van der Waals surface area contributed by atoms with Crippen LogP contribution in [0.5, 0.6) is 0 Å². The SMILES string of the molecule is O=C(c1ccnc(F)c1)N1CCN(Cc2nc(-c3cccc(C(F)(F)F)c3)no2)CC1. The molecule has 3 heterocycles. The maximum Gasteiger partial charge on any atom is 0.416 e. The lowest BCUT2D eigenvalue weighted by Crippen LogP contribution is -2.48. The molecule has 1 aliphatic heterocycles. The van der Waals surface area contributed by atoms with Crippen LogP contribution in [0.4, 0.5) is 17.6 Å². The average molecular weight is 435 g/mol. The Bertz CT molecular complexity index is 1080. The third-order valence-corrected chi connectivity index (χ3v) is 4.91. The zero-order chi connectivity index (χ0) is 22.0. The van der Waals surface area contributed by atoms with E-state index in [1.165, 1.54) is 24.4 Å². The largest absolute Gasteiger partial charge is 0.416 e. The average Bonchev–Trinajstić information content (AvgIpc) is 3.22. The van der Waals surface area contributed by atoms with Gasteiger partial charge in [0.25, 0.3) is 5.91 Å². The zero-order valence-corrected chi connectivity index (χ0v) is 16.1. The van der Waals surface area contributed by atoms with Crippen molar-refractivity contribution in [1.29, 1.82) is 0 Å². The number of nitrogens with zero attached hydrogens (tertiary/aromatic N) is 5. The third-order valence-electron chi connectivity index (χ3n) is 4.91. The normalized spacial score (nSPS) is 15.3. The quantitative estimate of drug-likeness (QED) is 0.463. The summed E-state index contributed by atoms with van der Waals surface area (Å²) in [5.74, 6) is -0.638. The molecular weight excluding hydrogens is 418 g/mol. The molecule has 0 atom stereocenters. The van der Waals surface area contributed by atoms with Crippen LogP contribution in [0.15, 0.2) is 47.1 Å². The molecule has 2 aromatic heterocycles. The van der Waals surface area contributed by atoms with Gasteiger partial charge >= 0.3 is 6.18 Å². The van der Waals surface area contributed by atoms with Crippen molar-refractivity contribution in [2.24, 2.45) is 0 Å². The number of carbonyl (C=O) groups excluding carboxylic acids is 1. The predicted octanol–water partition coefficient (Wildman–Crippen LogP) is 3.25. The Hall–Kier alpha value is -3.34. The van der Waals surface area contributed by atoms with Crippen LogP contribution >= 0.6 is 0 Å². The first-order chi connectivity index (χ1) is 14.8. The molecule has 1 fully saturated rings. The van der Waals surface area contributed by atoms with E-state index in [0.29, 0.717) is 32.7 Å². The lowest BCUT2D eigenvalue weighted by Gasteiger charge is -2.33. The molecular formula is C20H17F4N5O2. The first-order valence-corrected chi connectivity index (χ1v) is 9.43. The Morgan fingerprint density at radius 2 is 1.87 bits per heavy atom. The molecule has 3 aromatic rings. The van der Waals surface area contributed by atoms with E-state index >= 15 is 0 Å². The van der Waals surface area contributed by atoms with Crippen LogP contribution in [0.1, 0.15) is 21.8 Å². The molecule has 0 aliphatic carbocycles. The van der Waals surface area contributed by atoms with E-state index < -0.39 is 17.7 Å². The van der Waals surface area contributed by atoms with E-state index in [9.17, 15) is 22.4 Å². The summed E-state index contributed by atoms with van der Waals surface area (Å²) in [5, 5.41) is 3.78. The van der Waals surface area contributed by atoms with Gasteiger partial charge in [-0.2, -0.15) is 22.5 Å². The van der Waals surface area contributed by atoms with E-state index in [0.717, 1.165) is 18.2 Å². The molecule has 31 heavy (non-hydrogen) atoms. The molecule has 162 valence electrons. The van der Waals surface area contributed by atoms with E-state index in [1.807, 2.05) is 4.90 Å². The third kappa shape index (κ3) is 4.88. The van der Waals surface area contributed by atoms with Crippen molar-refractivity contribution in [1.82, 2.24) is 24.9 Å². The fourth-order valence-corrected chi connectivity index (χ4v) is 3.29. The standard InChI is InChI=1S/C20H17F4N5O2/c21-16-11-14(4-5-25-16)19(30)29-8-6-28(7-9-29)12-17-26-18(27-31-17)13-2-1-3-15(10-13)20(22,23)24/h1-5,10-11H,6-9,12H2. The summed E-state index contributed by atoms with van der Waals surface area (Å²) in [6.07, 6.45) is -3.21. The highest BCUT2D eigenvalue weighted by atomic mass is 19.4. The number of carbonyl (C=O) groups is 1. The number of rotatable bonds is 4. The maximum atomic E-state index is 13.2. The van der Waals surface area contributed by atoms with Crippen molar-refractivity contribution in [3.63, 3.8) is 0 Å². The number of piperazine rings is 1. The minimum Gasteiger partial charge on any atom is -0.338 e. The van der Waals surface area contributed by atoms with Crippen molar-refractivity contribution >= 4 is 5.91 Å². The molecule has 0 saturated carbocycles. The number of pyridine rings is 1.